The molecular weight excluding hydrogens is 342 g/mol. The standard InChI is InChI=1S/C13H15IN2O2/c1-8(17)15-6-5-10-11-7-9(18-2)3-4-12(11)16-13(10)14/h3-4,7,16H,5-6H2,1-2H3,(H,15,17)/i8-1. The molecule has 1 aromatic heterocycles. The average Bonchev–Trinajstić information content (AvgIpc) is 2.64. The second kappa shape index (κ2) is 5.60. The molecule has 0 aliphatic carbocycles. The van der Waals surface area contributed by atoms with Crippen molar-refractivity contribution in [2.45, 2.75) is 13.3 Å². The van der Waals surface area contributed by atoms with Gasteiger partial charge in [-0.2, -0.15) is 0 Å². The molecule has 2 aromatic rings. The van der Waals surface area contributed by atoms with Crippen molar-refractivity contribution in [2.24, 2.45) is 0 Å². The van der Waals surface area contributed by atoms with Gasteiger partial charge in [-0.05, 0) is 52.8 Å². The van der Waals surface area contributed by atoms with Crippen LogP contribution in [-0.2, 0) is 11.2 Å². The molecule has 1 amide bonds. The molecule has 0 fully saturated rings. The highest BCUT2D eigenvalue weighted by Gasteiger charge is 2.10. The zero-order valence-electron chi connectivity index (χ0n) is 10.3. The van der Waals surface area contributed by atoms with Crippen molar-refractivity contribution < 1.29 is 9.53 Å². The van der Waals surface area contributed by atoms with E-state index in [1.54, 1.807) is 7.11 Å². The number of amides is 1. The van der Waals surface area contributed by atoms with Gasteiger partial charge < -0.3 is 15.0 Å². The highest BCUT2D eigenvalue weighted by atomic mass is 127. The Morgan fingerprint density at radius 1 is 1.50 bits per heavy atom. The molecule has 2 N–H and O–H groups in total. The fourth-order valence-corrected chi connectivity index (χ4v) is 2.78. The van der Waals surface area contributed by atoms with E-state index >= 15 is 0 Å². The number of rotatable bonds is 4. The molecule has 0 aliphatic heterocycles. The number of aromatic nitrogens is 1. The van der Waals surface area contributed by atoms with Gasteiger partial charge in [0, 0.05) is 24.4 Å². The minimum absolute atomic E-state index is 0.00225. The van der Waals surface area contributed by atoms with Crippen molar-refractivity contribution in [3.63, 3.8) is 0 Å². The number of methoxy groups -OCH3 is 1. The lowest BCUT2D eigenvalue weighted by Crippen LogP contribution is -2.22. The maximum Gasteiger partial charge on any atom is 0.216 e. The number of H-pyrrole nitrogens is 1. The number of carbonyl (C=O) groups excluding carboxylic acids is 1. The molecule has 0 spiro atoms. The monoisotopic (exact) mass is 357 g/mol. The first-order valence-corrected chi connectivity index (χ1v) is 6.78. The normalized spacial score (nSPS) is 10.6. The third-order valence-corrected chi connectivity index (χ3v) is 3.73. The third kappa shape index (κ3) is 2.77. The summed E-state index contributed by atoms with van der Waals surface area (Å²) in [6.45, 7) is 2.18. The Balaban J connectivity index is 2.29. The maximum atomic E-state index is 10.9. The molecule has 1 heterocycles. The van der Waals surface area contributed by atoms with E-state index < -0.39 is 0 Å². The van der Waals surface area contributed by atoms with Crippen LogP contribution in [0.5, 0.6) is 5.75 Å². The molecule has 1 aromatic carbocycles. The Kier molecular flexibility index (Phi) is 4.11. The number of halogens is 1. The van der Waals surface area contributed by atoms with Crippen molar-refractivity contribution in [3.05, 3.63) is 27.5 Å². The van der Waals surface area contributed by atoms with E-state index in [0.29, 0.717) is 6.54 Å². The molecule has 2 rings (SSSR count). The van der Waals surface area contributed by atoms with Gasteiger partial charge in [-0.1, -0.05) is 0 Å². The summed E-state index contributed by atoms with van der Waals surface area (Å²) in [7, 11) is 1.66. The number of carbonyl (C=O) groups is 1. The molecule has 0 atom stereocenters. The van der Waals surface area contributed by atoms with E-state index in [1.807, 2.05) is 18.2 Å². The Hall–Kier alpha value is -1.24. The fraction of sp³-hybridized carbons (Fsp3) is 0.308. The molecule has 96 valence electrons. The third-order valence-electron chi connectivity index (χ3n) is 2.81. The molecule has 0 saturated carbocycles. The lowest BCUT2D eigenvalue weighted by Gasteiger charge is -2.03. The van der Waals surface area contributed by atoms with Gasteiger partial charge in [-0.15, -0.1) is 0 Å². The van der Waals surface area contributed by atoms with Gasteiger partial charge in [0.1, 0.15) is 5.75 Å². The van der Waals surface area contributed by atoms with Crippen LogP contribution in [0.4, 0.5) is 0 Å². The number of nitrogens with one attached hydrogen (secondary N) is 2. The summed E-state index contributed by atoms with van der Waals surface area (Å²) in [5.74, 6) is 0.848. The quantitative estimate of drug-likeness (QED) is 0.826. The summed E-state index contributed by atoms with van der Waals surface area (Å²) in [6.07, 6.45) is 0.811. The Bertz CT molecular complexity index is 578. The lowest BCUT2D eigenvalue weighted by molar-refractivity contribution is -0.118. The van der Waals surface area contributed by atoms with Gasteiger partial charge in [-0.3, -0.25) is 4.79 Å². The summed E-state index contributed by atoms with van der Waals surface area (Å²) >= 11 is 2.29. The summed E-state index contributed by atoms with van der Waals surface area (Å²) in [5.41, 5.74) is 2.32. The molecule has 5 heteroatoms. The van der Waals surface area contributed by atoms with Crippen LogP contribution in [0.3, 0.4) is 0 Å². The van der Waals surface area contributed by atoms with Crippen molar-refractivity contribution in [2.75, 3.05) is 13.7 Å². The molecule has 0 saturated heterocycles. The lowest BCUT2D eigenvalue weighted by atomic mass is 10.1. The summed E-state index contributed by atoms with van der Waals surface area (Å²) in [4.78, 5) is 14.2. The Morgan fingerprint density at radius 3 is 2.94 bits per heavy atom. The minimum atomic E-state index is 0.00225. The van der Waals surface area contributed by atoms with Crippen LogP contribution in [0.15, 0.2) is 18.2 Å². The molecule has 0 bridgehead atoms. The largest absolute Gasteiger partial charge is 0.497 e. The second-order valence-corrected chi connectivity index (χ2v) is 5.14. The molecule has 4 nitrogen and oxygen atoms in total. The maximum absolute atomic E-state index is 10.9. The predicted molar refractivity (Wildman–Crippen MR) is 80.0 cm³/mol. The number of benzene rings is 1. The first-order valence-electron chi connectivity index (χ1n) is 5.70. The predicted octanol–water partition coefficient (Wildman–Crippen LogP) is 2.46. The van der Waals surface area contributed by atoms with E-state index in [0.717, 1.165) is 26.8 Å². The minimum Gasteiger partial charge on any atom is -0.497 e. The van der Waals surface area contributed by atoms with Crippen molar-refractivity contribution in [1.29, 1.82) is 0 Å². The van der Waals surface area contributed by atoms with Crippen molar-refractivity contribution in [3.8, 4) is 5.75 Å². The van der Waals surface area contributed by atoms with Gasteiger partial charge in [0.15, 0.2) is 0 Å². The molecule has 0 radical (unpaired) electrons. The van der Waals surface area contributed by atoms with Gasteiger partial charge in [0.25, 0.3) is 0 Å². The first-order chi connectivity index (χ1) is 8.61. The zero-order chi connectivity index (χ0) is 13.1. The van der Waals surface area contributed by atoms with Gasteiger partial charge in [-0.25, -0.2) is 0 Å². The number of ether oxygens (including phenoxy) is 1. The van der Waals surface area contributed by atoms with Crippen LogP contribution in [0, 0.1) is 3.70 Å². The SMILES string of the molecule is COc1ccc2[nH]c(I)c(CCN[11C](C)=O)c2c1. The van der Waals surface area contributed by atoms with Crippen LogP contribution in [0.1, 0.15) is 12.5 Å². The van der Waals surface area contributed by atoms with Crippen LogP contribution >= 0.6 is 22.6 Å². The van der Waals surface area contributed by atoms with Crippen molar-refractivity contribution in [1.82, 2.24) is 10.3 Å². The summed E-state index contributed by atoms with van der Waals surface area (Å²) in [6, 6.07) is 5.97. The van der Waals surface area contributed by atoms with E-state index in [2.05, 4.69) is 32.9 Å². The molecule has 0 aliphatic rings. The number of hydrogen-bond acceptors (Lipinski definition) is 2. The first kappa shape index (κ1) is 13.2. The van der Waals surface area contributed by atoms with Crippen LogP contribution < -0.4 is 10.1 Å². The highest BCUT2D eigenvalue weighted by Crippen LogP contribution is 2.27. The Labute approximate surface area is 119 Å². The van der Waals surface area contributed by atoms with E-state index in [1.165, 1.54) is 12.5 Å². The smallest absolute Gasteiger partial charge is 0.216 e. The number of aromatic amines is 1. The van der Waals surface area contributed by atoms with E-state index in [-0.39, 0.29) is 5.91 Å². The van der Waals surface area contributed by atoms with E-state index in [9.17, 15) is 4.79 Å². The van der Waals surface area contributed by atoms with E-state index in [4.69, 9.17) is 4.74 Å². The number of fused-ring (bicyclic) bond motifs is 1. The summed E-state index contributed by atoms with van der Waals surface area (Å²) < 4.78 is 6.36. The molecule has 18 heavy (non-hydrogen) atoms. The fourth-order valence-electron chi connectivity index (χ4n) is 1.93. The molecule has 0 unspecified atom stereocenters. The number of hydrogen-bond donors (Lipinski definition) is 2. The van der Waals surface area contributed by atoms with Gasteiger partial charge >= 0.3 is 0 Å². The van der Waals surface area contributed by atoms with Crippen LogP contribution in [0.25, 0.3) is 10.9 Å². The second-order valence-electron chi connectivity index (χ2n) is 4.06. The highest BCUT2D eigenvalue weighted by molar-refractivity contribution is 14.1. The van der Waals surface area contributed by atoms with Crippen molar-refractivity contribution >= 4 is 39.4 Å². The zero-order valence-corrected chi connectivity index (χ0v) is 12.5. The topological polar surface area (TPSA) is 54.1 Å². The van der Waals surface area contributed by atoms with Gasteiger partial charge in [0.05, 0.1) is 10.8 Å². The summed E-state index contributed by atoms with van der Waals surface area (Å²) in [5, 5.41) is 3.97. The Morgan fingerprint density at radius 2 is 2.28 bits per heavy atom. The average molecular weight is 357 g/mol. The van der Waals surface area contributed by atoms with Crippen LogP contribution in [0.2, 0.25) is 0 Å². The molecular formula is C13H15IN2O2. The van der Waals surface area contributed by atoms with Gasteiger partial charge in [0.2, 0.25) is 5.91 Å². The van der Waals surface area contributed by atoms with Crippen LogP contribution in [-0.4, -0.2) is 24.5 Å².